The summed E-state index contributed by atoms with van der Waals surface area (Å²) in [5, 5.41) is 2.59. The van der Waals surface area contributed by atoms with Crippen molar-refractivity contribution in [1.29, 1.82) is 0 Å². The van der Waals surface area contributed by atoms with Crippen molar-refractivity contribution in [3.05, 3.63) is 42.5 Å². The Morgan fingerprint density at radius 3 is 2.39 bits per heavy atom. The topological polar surface area (TPSA) is 7.68 Å². The smallest absolute Gasteiger partial charge is 0.140 e. The van der Waals surface area contributed by atoms with E-state index in [1.807, 2.05) is 6.08 Å². The second-order valence-electron chi connectivity index (χ2n) is 5.00. The lowest BCUT2D eigenvalue weighted by Gasteiger charge is -2.19. The van der Waals surface area contributed by atoms with Crippen LogP contribution in [0.4, 0.5) is 11.4 Å². The molecule has 2 aromatic carbocycles. The van der Waals surface area contributed by atoms with E-state index in [9.17, 15) is 0 Å². The van der Waals surface area contributed by atoms with Crippen molar-refractivity contribution >= 4 is 28.2 Å². The van der Waals surface area contributed by atoms with Gasteiger partial charge in [-0.15, -0.1) is 0 Å². The molecule has 0 aliphatic heterocycles. The van der Waals surface area contributed by atoms with Gasteiger partial charge in [-0.25, -0.2) is 0 Å². The number of nitrogens with zero attached hydrogens (tertiary/aromatic N) is 1. The molecule has 0 fully saturated rings. The van der Waals surface area contributed by atoms with Gasteiger partial charge in [0.05, 0.1) is 25.2 Å². The van der Waals surface area contributed by atoms with Crippen molar-refractivity contribution in [2.45, 2.75) is 0 Å². The molecule has 0 aliphatic rings. The second kappa shape index (κ2) is 4.83. The van der Waals surface area contributed by atoms with Crippen LogP contribution in [0.25, 0.3) is 16.8 Å². The summed E-state index contributed by atoms with van der Waals surface area (Å²) >= 11 is 0. The zero-order valence-electron chi connectivity index (χ0n) is 11.6. The highest BCUT2D eigenvalue weighted by atomic mass is 15.1. The molecule has 0 spiro atoms. The third-order valence-electron chi connectivity index (χ3n) is 3.29. The number of nitrogens with one attached hydrogen (secondary N) is 1. The lowest BCUT2D eigenvalue weighted by Crippen LogP contribution is -3.00. The zero-order valence-corrected chi connectivity index (χ0v) is 11.6. The Labute approximate surface area is 109 Å². The largest absolute Gasteiger partial charge is 0.377 e. The van der Waals surface area contributed by atoms with E-state index in [0.717, 1.165) is 0 Å². The Hall–Kier alpha value is -1.80. The van der Waals surface area contributed by atoms with E-state index < -0.39 is 0 Å². The summed E-state index contributed by atoms with van der Waals surface area (Å²) in [7, 11) is 8.50. The van der Waals surface area contributed by atoms with E-state index in [1.165, 1.54) is 32.6 Å². The van der Waals surface area contributed by atoms with E-state index in [2.05, 4.69) is 70.0 Å². The molecule has 0 heterocycles. The standard InChI is InChI=1S/C16H20N2/c1-6-12-10-11-15(18(4)5)16-13(12)8-7-9-14(16)17(2)3/h6-11H,1H2,2-5H3/p+1. The molecule has 1 N–H and O–H groups in total. The van der Waals surface area contributed by atoms with Crippen LogP contribution in [0.3, 0.4) is 0 Å². The third-order valence-corrected chi connectivity index (χ3v) is 3.29. The Morgan fingerprint density at radius 2 is 1.83 bits per heavy atom. The fraction of sp³-hybridized carbons (Fsp3) is 0.250. The number of hydrogen-bond acceptors (Lipinski definition) is 1. The van der Waals surface area contributed by atoms with Crippen molar-refractivity contribution in [1.82, 2.24) is 0 Å². The van der Waals surface area contributed by atoms with Crippen molar-refractivity contribution in [3.63, 3.8) is 0 Å². The molecule has 0 amide bonds. The number of quaternary nitrogens is 1. The molecule has 0 aliphatic carbocycles. The quantitative estimate of drug-likeness (QED) is 0.866. The summed E-state index contributed by atoms with van der Waals surface area (Å²) in [4.78, 5) is 3.51. The van der Waals surface area contributed by atoms with Crippen LogP contribution in [0.15, 0.2) is 36.9 Å². The summed E-state index contributed by atoms with van der Waals surface area (Å²) in [6.45, 7) is 3.91. The predicted octanol–water partition coefficient (Wildman–Crippen LogP) is 2.32. The summed E-state index contributed by atoms with van der Waals surface area (Å²) in [5.74, 6) is 0. The van der Waals surface area contributed by atoms with E-state index in [-0.39, 0.29) is 0 Å². The molecule has 0 atom stereocenters. The Balaban J connectivity index is 2.92. The normalized spacial score (nSPS) is 10.9. The van der Waals surface area contributed by atoms with Crippen molar-refractivity contribution in [2.75, 3.05) is 33.1 Å². The fourth-order valence-electron chi connectivity index (χ4n) is 2.38. The van der Waals surface area contributed by atoms with Gasteiger partial charge in [-0.1, -0.05) is 30.9 Å². The van der Waals surface area contributed by atoms with Gasteiger partial charge in [0.15, 0.2) is 0 Å². The zero-order chi connectivity index (χ0) is 13.3. The molecule has 18 heavy (non-hydrogen) atoms. The molecule has 94 valence electrons. The maximum absolute atomic E-state index is 3.91. The molecule has 0 bridgehead atoms. The summed E-state index contributed by atoms with van der Waals surface area (Å²) in [6.07, 6.45) is 1.93. The van der Waals surface area contributed by atoms with Gasteiger partial charge in [-0.3, -0.25) is 0 Å². The average Bonchev–Trinajstić information content (AvgIpc) is 2.36. The number of benzene rings is 2. The van der Waals surface area contributed by atoms with Gasteiger partial charge in [-0.2, -0.15) is 0 Å². The molecule has 2 aromatic rings. The highest BCUT2D eigenvalue weighted by Crippen LogP contribution is 2.33. The van der Waals surface area contributed by atoms with Crippen LogP contribution < -0.4 is 9.80 Å². The van der Waals surface area contributed by atoms with Gasteiger partial charge in [0, 0.05) is 14.1 Å². The molecule has 0 saturated carbocycles. The lowest BCUT2D eigenvalue weighted by molar-refractivity contribution is -0.785. The molecule has 2 heteroatoms. The van der Waals surface area contributed by atoms with Crippen LogP contribution in [-0.2, 0) is 0 Å². The number of rotatable bonds is 3. The highest BCUT2D eigenvalue weighted by molar-refractivity contribution is 6.04. The first-order valence-corrected chi connectivity index (χ1v) is 6.22. The third kappa shape index (κ3) is 2.00. The minimum atomic E-state index is 1.19. The molecule has 0 saturated heterocycles. The van der Waals surface area contributed by atoms with Crippen molar-refractivity contribution < 1.29 is 4.90 Å². The summed E-state index contributed by atoms with van der Waals surface area (Å²) in [6, 6.07) is 10.8. The van der Waals surface area contributed by atoms with Gasteiger partial charge in [0.2, 0.25) is 0 Å². The Kier molecular flexibility index (Phi) is 3.39. The number of hydrogen-bond donors (Lipinski definition) is 1. The summed E-state index contributed by atoms with van der Waals surface area (Å²) < 4.78 is 0. The Morgan fingerprint density at radius 1 is 1.11 bits per heavy atom. The predicted molar refractivity (Wildman–Crippen MR) is 80.8 cm³/mol. The van der Waals surface area contributed by atoms with E-state index >= 15 is 0 Å². The van der Waals surface area contributed by atoms with E-state index in [4.69, 9.17) is 0 Å². The minimum absolute atomic E-state index is 1.19. The first-order chi connectivity index (χ1) is 8.56. The van der Waals surface area contributed by atoms with Crippen LogP contribution in [0, 0.1) is 0 Å². The Bertz CT molecular complexity index is 569. The van der Waals surface area contributed by atoms with E-state index in [0.29, 0.717) is 0 Å². The maximum Gasteiger partial charge on any atom is 0.140 e. The molecule has 0 aromatic heterocycles. The molecule has 2 nitrogen and oxygen atoms in total. The molecule has 2 rings (SSSR count). The minimum Gasteiger partial charge on any atom is -0.377 e. The number of anilines is 1. The molecule has 0 unspecified atom stereocenters. The fourth-order valence-corrected chi connectivity index (χ4v) is 2.38. The maximum atomic E-state index is 3.91. The van der Waals surface area contributed by atoms with Crippen LogP contribution in [0.2, 0.25) is 0 Å². The lowest BCUT2D eigenvalue weighted by atomic mass is 10.0. The molecular formula is C16H21N2+. The first-order valence-electron chi connectivity index (χ1n) is 6.22. The van der Waals surface area contributed by atoms with Gasteiger partial charge in [0.25, 0.3) is 0 Å². The highest BCUT2D eigenvalue weighted by Gasteiger charge is 2.14. The van der Waals surface area contributed by atoms with Crippen LogP contribution >= 0.6 is 0 Å². The van der Waals surface area contributed by atoms with Crippen molar-refractivity contribution in [3.8, 4) is 0 Å². The second-order valence-corrected chi connectivity index (χ2v) is 5.00. The molecular weight excluding hydrogens is 220 g/mol. The van der Waals surface area contributed by atoms with Gasteiger partial charge >= 0.3 is 0 Å². The number of fused-ring (bicyclic) bond motifs is 1. The van der Waals surface area contributed by atoms with Crippen LogP contribution in [0.1, 0.15) is 5.56 Å². The van der Waals surface area contributed by atoms with Crippen LogP contribution in [0.5, 0.6) is 0 Å². The van der Waals surface area contributed by atoms with E-state index in [1.54, 1.807) is 0 Å². The average molecular weight is 241 g/mol. The first kappa shape index (κ1) is 12.7. The summed E-state index contributed by atoms with van der Waals surface area (Å²) in [5.41, 5.74) is 3.77. The van der Waals surface area contributed by atoms with Gasteiger partial charge in [0.1, 0.15) is 5.69 Å². The molecule has 0 radical (unpaired) electrons. The van der Waals surface area contributed by atoms with Crippen molar-refractivity contribution in [2.24, 2.45) is 0 Å². The monoisotopic (exact) mass is 241 g/mol. The van der Waals surface area contributed by atoms with Crippen LogP contribution in [-0.4, -0.2) is 28.2 Å². The van der Waals surface area contributed by atoms with Gasteiger partial charge < -0.3 is 9.80 Å². The SMILES string of the molecule is C=Cc1ccc(N(C)C)c2c([NH+](C)C)cccc12. The van der Waals surface area contributed by atoms with Gasteiger partial charge in [-0.05, 0) is 23.1 Å².